The van der Waals surface area contributed by atoms with Crippen LogP contribution in [0, 0.1) is 0 Å². The van der Waals surface area contributed by atoms with Gasteiger partial charge in [0.05, 0.1) is 0 Å². The van der Waals surface area contributed by atoms with Gasteiger partial charge in [-0.1, -0.05) is 35.3 Å². The number of rotatable bonds is 7. The minimum Gasteiger partial charge on any atom is -0.271 e. The molecule has 0 radical (unpaired) electrons. The number of nitrogens with one attached hydrogen (secondary N) is 1. The van der Waals surface area contributed by atoms with Gasteiger partial charge in [0.2, 0.25) is 0 Å². The molecule has 1 unspecified atom stereocenters. The number of benzene rings is 1. The van der Waals surface area contributed by atoms with Gasteiger partial charge in [0, 0.05) is 16.1 Å². The predicted molar refractivity (Wildman–Crippen MR) is 75.3 cm³/mol. The molecule has 1 aromatic carbocycles. The van der Waals surface area contributed by atoms with Crippen molar-refractivity contribution in [2.45, 2.75) is 31.7 Å². The molecule has 0 spiro atoms. The molecule has 4 heteroatoms. The van der Waals surface area contributed by atoms with Crippen molar-refractivity contribution < 1.29 is 0 Å². The van der Waals surface area contributed by atoms with Gasteiger partial charge in [0.25, 0.3) is 0 Å². The summed E-state index contributed by atoms with van der Waals surface area (Å²) in [6.07, 6.45) is 5.81. The Morgan fingerprint density at radius 3 is 2.76 bits per heavy atom. The monoisotopic (exact) mass is 272 g/mol. The normalized spacial score (nSPS) is 12.4. The summed E-state index contributed by atoms with van der Waals surface area (Å²) in [5.74, 6) is 5.54. The molecule has 0 heterocycles. The molecular formula is C13H18Cl2N2. The third-order valence-electron chi connectivity index (χ3n) is 2.68. The van der Waals surface area contributed by atoms with Crippen LogP contribution in [-0.2, 0) is 6.42 Å². The summed E-state index contributed by atoms with van der Waals surface area (Å²) >= 11 is 12.0. The van der Waals surface area contributed by atoms with E-state index >= 15 is 0 Å². The van der Waals surface area contributed by atoms with Crippen LogP contribution in [0.2, 0.25) is 10.0 Å². The maximum Gasteiger partial charge on any atom is 0.0453 e. The van der Waals surface area contributed by atoms with Crippen molar-refractivity contribution in [3.63, 3.8) is 0 Å². The van der Waals surface area contributed by atoms with Crippen molar-refractivity contribution in [2.75, 3.05) is 0 Å². The SMILES string of the molecule is C=CCCCC(Cc1ccc(Cl)cc1Cl)NN. The van der Waals surface area contributed by atoms with E-state index < -0.39 is 0 Å². The highest BCUT2D eigenvalue weighted by Gasteiger charge is 2.10. The zero-order valence-electron chi connectivity index (χ0n) is 9.76. The quantitative estimate of drug-likeness (QED) is 0.344. The molecule has 1 aromatic rings. The first-order valence-corrected chi connectivity index (χ1v) is 6.44. The molecule has 17 heavy (non-hydrogen) atoms. The lowest BCUT2D eigenvalue weighted by molar-refractivity contribution is 0.478. The Hall–Kier alpha value is -0.540. The van der Waals surface area contributed by atoms with Gasteiger partial charge in [0.15, 0.2) is 0 Å². The molecule has 0 saturated heterocycles. The van der Waals surface area contributed by atoms with E-state index in [0.29, 0.717) is 10.0 Å². The lowest BCUT2D eigenvalue weighted by Crippen LogP contribution is -2.36. The third kappa shape index (κ3) is 5.09. The van der Waals surface area contributed by atoms with Crippen LogP contribution in [-0.4, -0.2) is 6.04 Å². The number of unbranched alkanes of at least 4 members (excludes halogenated alkanes) is 1. The highest BCUT2D eigenvalue weighted by molar-refractivity contribution is 6.35. The van der Waals surface area contributed by atoms with Gasteiger partial charge in [-0.2, -0.15) is 0 Å². The second-order valence-corrected chi connectivity index (χ2v) is 4.87. The van der Waals surface area contributed by atoms with E-state index in [1.165, 1.54) is 0 Å². The third-order valence-corrected chi connectivity index (χ3v) is 3.26. The lowest BCUT2D eigenvalue weighted by Gasteiger charge is -2.16. The van der Waals surface area contributed by atoms with E-state index in [9.17, 15) is 0 Å². The molecule has 1 rings (SSSR count). The van der Waals surface area contributed by atoms with Crippen molar-refractivity contribution >= 4 is 23.2 Å². The van der Waals surface area contributed by atoms with Gasteiger partial charge in [-0.25, -0.2) is 0 Å². The molecular weight excluding hydrogens is 255 g/mol. The fourth-order valence-electron chi connectivity index (χ4n) is 1.71. The Morgan fingerprint density at radius 2 is 2.18 bits per heavy atom. The summed E-state index contributed by atoms with van der Waals surface area (Å²) in [6, 6.07) is 5.78. The summed E-state index contributed by atoms with van der Waals surface area (Å²) in [5, 5.41) is 1.35. The molecule has 94 valence electrons. The van der Waals surface area contributed by atoms with Gasteiger partial charge in [-0.05, 0) is 43.4 Å². The minimum atomic E-state index is 0.230. The zero-order valence-corrected chi connectivity index (χ0v) is 11.3. The van der Waals surface area contributed by atoms with Crippen LogP contribution in [0.1, 0.15) is 24.8 Å². The molecule has 0 aliphatic carbocycles. The summed E-state index contributed by atoms with van der Waals surface area (Å²) in [6.45, 7) is 3.70. The molecule has 0 fully saturated rings. The number of hydrazine groups is 1. The molecule has 0 aliphatic rings. The number of nitrogens with two attached hydrogens (primary N) is 1. The predicted octanol–water partition coefficient (Wildman–Crippen LogP) is 3.72. The van der Waals surface area contributed by atoms with Crippen molar-refractivity contribution in [1.29, 1.82) is 0 Å². The molecule has 0 aromatic heterocycles. The van der Waals surface area contributed by atoms with E-state index in [0.717, 1.165) is 31.2 Å². The zero-order chi connectivity index (χ0) is 12.7. The number of hydrogen-bond acceptors (Lipinski definition) is 2. The van der Waals surface area contributed by atoms with Gasteiger partial charge >= 0.3 is 0 Å². The molecule has 0 amide bonds. The van der Waals surface area contributed by atoms with Crippen molar-refractivity contribution in [1.82, 2.24) is 5.43 Å². The van der Waals surface area contributed by atoms with E-state index in [4.69, 9.17) is 29.0 Å². The summed E-state index contributed by atoms with van der Waals surface area (Å²) in [7, 11) is 0. The number of hydrogen-bond donors (Lipinski definition) is 2. The topological polar surface area (TPSA) is 38.0 Å². The van der Waals surface area contributed by atoms with Crippen LogP contribution in [0.15, 0.2) is 30.9 Å². The molecule has 1 atom stereocenters. The van der Waals surface area contributed by atoms with Crippen LogP contribution >= 0.6 is 23.2 Å². The average Bonchev–Trinajstić information content (AvgIpc) is 2.31. The van der Waals surface area contributed by atoms with Crippen molar-refractivity contribution in [3.8, 4) is 0 Å². The van der Waals surface area contributed by atoms with Gasteiger partial charge in [-0.3, -0.25) is 11.3 Å². The van der Waals surface area contributed by atoms with E-state index in [-0.39, 0.29) is 6.04 Å². The Labute approximate surface area is 113 Å². The van der Waals surface area contributed by atoms with Crippen molar-refractivity contribution in [2.24, 2.45) is 5.84 Å². The fraction of sp³-hybridized carbons (Fsp3) is 0.385. The van der Waals surface area contributed by atoms with E-state index in [2.05, 4.69) is 12.0 Å². The van der Waals surface area contributed by atoms with Gasteiger partial charge in [-0.15, -0.1) is 6.58 Å². The maximum atomic E-state index is 6.12. The Morgan fingerprint density at radius 1 is 1.41 bits per heavy atom. The second kappa shape index (κ2) is 7.72. The Kier molecular flexibility index (Phi) is 6.60. The van der Waals surface area contributed by atoms with E-state index in [1.54, 1.807) is 6.07 Å². The smallest absolute Gasteiger partial charge is 0.0453 e. The maximum absolute atomic E-state index is 6.12. The molecule has 3 N–H and O–H groups in total. The van der Waals surface area contributed by atoms with Crippen LogP contribution < -0.4 is 11.3 Å². The highest BCUT2D eigenvalue weighted by Crippen LogP contribution is 2.22. The first-order valence-electron chi connectivity index (χ1n) is 5.68. The van der Waals surface area contributed by atoms with Crippen molar-refractivity contribution in [3.05, 3.63) is 46.5 Å². The summed E-state index contributed by atoms with van der Waals surface area (Å²) in [5.41, 5.74) is 3.89. The molecule has 0 bridgehead atoms. The minimum absolute atomic E-state index is 0.230. The number of halogens is 2. The first-order chi connectivity index (χ1) is 8.17. The first kappa shape index (κ1) is 14.5. The van der Waals surface area contributed by atoms with Gasteiger partial charge in [0.1, 0.15) is 0 Å². The molecule has 0 saturated carbocycles. The Balaban J connectivity index is 2.57. The van der Waals surface area contributed by atoms with E-state index in [1.807, 2.05) is 18.2 Å². The Bertz CT molecular complexity index is 366. The van der Waals surface area contributed by atoms with Gasteiger partial charge < -0.3 is 0 Å². The largest absolute Gasteiger partial charge is 0.271 e. The number of allylic oxidation sites excluding steroid dienone is 1. The summed E-state index contributed by atoms with van der Waals surface area (Å²) < 4.78 is 0. The molecule has 0 aliphatic heterocycles. The van der Waals surface area contributed by atoms with Crippen LogP contribution in [0.5, 0.6) is 0 Å². The van der Waals surface area contributed by atoms with Crippen LogP contribution in [0.25, 0.3) is 0 Å². The highest BCUT2D eigenvalue weighted by atomic mass is 35.5. The second-order valence-electron chi connectivity index (χ2n) is 4.02. The standard InChI is InChI=1S/C13H18Cl2N2/c1-2-3-4-5-12(17-16)8-10-6-7-11(14)9-13(10)15/h2,6-7,9,12,17H,1,3-5,8,16H2. The average molecular weight is 273 g/mol. The summed E-state index contributed by atoms with van der Waals surface area (Å²) in [4.78, 5) is 0. The fourth-order valence-corrected chi connectivity index (χ4v) is 2.19. The lowest BCUT2D eigenvalue weighted by atomic mass is 10.0. The van der Waals surface area contributed by atoms with Crippen LogP contribution in [0.4, 0.5) is 0 Å². The molecule has 2 nitrogen and oxygen atoms in total. The van der Waals surface area contributed by atoms with Crippen LogP contribution in [0.3, 0.4) is 0 Å².